The highest BCUT2D eigenvalue weighted by Crippen LogP contribution is 2.44. The van der Waals surface area contributed by atoms with Gasteiger partial charge in [0, 0.05) is 13.2 Å². The standard InChI is InChI=1S/C21H42O2/c1-2-3-13-20-14-12-16-21(18-20,19-23)15-10-8-6-4-5-7-9-11-17-22/h20,22-23H,2-19H2,1H3. The third-order valence-corrected chi connectivity index (χ3v) is 5.96. The summed E-state index contributed by atoms with van der Waals surface area (Å²) >= 11 is 0. The van der Waals surface area contributed by atoms with Crippen molar-refractivity contribution >= 4 is 0 Å². The van der Waals surface area contributed by atoms with Crippen molar-refractivity contribution in [3.05, 3.63) is 0 Å². The molecule has 0 aromatic heterocycles. The van der Waals surface area contributed by atoms with Crippen LogP contribution in [0.1, 0.15) is 110 Å². The van der Waals surface area contributed by atoms with Gasteiger partial charge in [0.15, 0.2) is 0 Å². The second kappa shape index (κ2) is 13.2. The minimum Gasteiger partial charge on any atom is -0.396 e. The minimum absolute atomic E-state index is 0.262. The fourth-order valence-electron chi connectivity index (χ4n) is 4.44. The molecule has 138 valence electrons. The summed E-state index contributed by atoms with van der Waals surface area (Å²) in [5.74, 6) is 0.877. The summed E-state index contributed by atoms with van der Waals surface area (Å²) in [7, 11) is 0. The molecule has 0 aliphatic heterocycles. The Morgan fingerprint density at radius 2 is 1.52 bits per heavy atom. The number of unbranched alkanes of at least 4 members (excludes halogenated alkanes) is 8. The molecule has 0 spiro atoms. The Morgan fingerprint density at radius 1 is 0.870 bits per heavy atom. The van der Waals surface area contributed by atoms with Crippen LogP contribution in [0.3, 0.4) is 0 Å². The molecule has 1 aliphatic rings. The van der Waals surface area contributed by atoms with Gasteiger partial charge in [-0.3, -0.25) is 0 Å². The van der Waals surface area contributed by atoms with Gasteiger partial charge in [0.25, 0.3) is 0 Å². The van der Waals surface area contributed by atoms with E-state index < -0.39 is 0 Å². The van der Waals surface area contributed by atoms with Crippen LogP contribution < -0.4 is 0 Å². The second-order valence-electron chi connectivity index (χ2n) is 8.06. The van der Waals surface area contributed by atoms with E-state index in [9.17, 15) is 5.11 Å². The Balaban J connectivity index is 2.12. The third kappa shape index (κ3) is 9.10. The molecule has 2 heteroatoms. The van der Waals surface area contributed by atoms with Crippen molar-refractivity contribution < 1.29 is 10.2 Å². The molecule has 2 unspecified atom stereocenters. The van der Waals surface area contributed by atoms with Crippen LogP contribution in [0.2, 0.25) is 0 Å². The number of aliphatic hydroxyl groups is 2. The van der Waals surface area contributed by atoms with Crippen LogP contribution in [0, 0.1) is 11.3 Å². The molecule has 2 atom stereocenters. The predicted molar refractivity (Wildman–Crippen MR) is 99.6 cm³/mol. The minimum atomic E-state index is 0.262. The van der Waals surface area contributed by atoms with E-state index in [1.807, 2.05) is 0 Å². The van der Waals surface area contributed by atoms with Gasteiger partial charge in [-0.2, -0.15) is 0 Å². The molecule has 0 heterocycles. The summed E-state index contributed by atoms with van der Waals surface area (Å²) in [6, 6.07) is 0. The molecule has 2 N–H and O–H groups in total. The molecule has 23 heavy (non-hydrogen) atoms. The average Bonchev–Trinajstić information content (AvgIpc) is 2.59. The average molecular weight is 327 g/mol. The summed E-state index contributed by atoms with van der Waals surface area (Å²) in [5.41, 5.74) is 0.262. The monoisotopic (exact) mass is 326 g/mol. The van der Waals surface area contributed by atoms with Gasteiger partial charge in [0.2, 0.25) is 0 Å². The number of hydrogen-bond acceptors (Lipinski definition) is 2. The highest BCUT2D eigenvalue weighted by Gasteiger charge is 2.34. The van der Waals surface area contributed by atoms with E-state index in [1.54, 1.807) is 0 Å². The maximum Gasteiger partial charge on any atom is 0.0487 e. The Labute approximate surface area is 145 Å². The highest BCUT2D eigenvalue weighted by molar-refractivity contribution is 4.86. The lowest BCUT2D eigenvalue weighted by Gasteiger charge is -2.40. The molecule has 1 saturated carbocycles. The fourth-order valence-corrected chi connectivity index (χ4v) is 4.44. The van der Waals surface area contributed by atoms with Crippen molar-refractivity contribution in [3.63, 3.8) is 0 Å². The maximum absolute atomic E-state index is 9.99. The number of rotatable bonds is 14. The van der Waals surface area contributed by atoms with Crippen LogP contribution in [0.15, 0.2) is 0 Å². The van der Waals surface area contributed by atoms with E-state index in [2.05, 4.69) is 6.92 Å². The van der Waals surface area contributed by atoms with Gasteiger partial charge >= 0.3 is 0 Å². The molecule has 1 fully saturated rings. The van der Waals surface area contributed by atoms with Crippen LogP contribution in [-0.2, 0) is 0 Å². The molecule has 2 nitrogen and oxygen atoms in total. The second-order valence-corrected chi connectivity index (χ2v) is 8.06. The molecule has 0 saturated heterocycles. The van der Waals surface area contributed by atoms with Gasteiger partial charge in [-0.25, -0.2) is 0 Å². The number of aliphatic hydroxyl groups excluding tert-OH is 2. The first-order valence-electron chi connectivity index (χ1n) is 10.5. The summed E-state index contributed by atoms with van der Waals surface area (Å²) < 4.78 is 0. The molecule has 1 rings (SSSR count). The van der Waals surface area contributed by atoms with Crippen molar-refractivity contribution in [2.75, 3.05) is 13.2 Å². The summed E-state index contributed by atoms with van der Waals surface area (Å²) in [6.45, 7) is 3.05. The van der Waals surface area contributed by atoms with Gasteiger partial charge < -0.3 is 10.2 Å². The van der Waals surface area contributed by atoms with Crippen LogP contribution in [0.25, 0.3) is 0 Å². The molecule has 0 aromatic rings. The topological polar surface area (TPSA) is 40.5 Å². The zero-order chi connectivity index (χ0) is 16.8. The molecule has 0 aromatic carbocycles. The van der Waals surface area contributed by atoms with E-state index in [0.29, 0.717) is 13.2 Å². The zero-order valence-electron chi connectivity index (χ0n) is 15.7. The smallest absolute Gasteiger partial charge is 0.0487 e. The number of hydrogen-bond donors (Lipinski definition) is 2. The van der Waals surface area contributed by atoms with Gasteiger partial charge in [-0.1, -0.05) is 84.0 Å². The summed E-state index contributed by atoms with van der Waals surface area (Å²) in [5, 5.41) is 18.7. The molecule has 0 amide bonds. The molecular weight excluding hydrogens is 284 g/mol. The van der Waals surface area contributed by atoms with E-state index in [1.165, 1.54) is 96.3 Å². The summed E-state index contributed by atoms with van der Waals surface area (Å²) in [4.78, 5) is 0. The molecular formula is C21H42O2. The Kier molecular flexibility index (Phi) is 12.1. The quantitative estimate of drug-likeness (QED) is 0.393. The first-order valence-corrected chi connectivity index (χ1v) is 10.5. The van der Waals surface area contributed by atoms with Gasteiger partial charge in [-0.15, -0.1) is 0 Å². The van der Waals surface area contributed by atoms with Crippen LogP contribution in [0.4, 0.5) is 0 Å². The van der Waals surface area contributed by atoms with Gasteiger partial charge in [0.1, 0.15) is 0 Å². The van der Waals surface area contributed by atoms with E-state index in [4.69, 9.17) is 5.11 Å². The third-order valence-electron chi connectivity index (χ3n) is 5.96. The van der Waals surface area contributed by atoms with Crippen LogP contribution in [0.5, 0.6) is 0 Å². The zero-order valence-corrected chi connectivity index (χ0v) is 15.7. The highest BCUT2D eigenvalue weighted by atomic mass is 16.3. The van der Waals surface area contributed by atoms with Crippen molar-refractivity contribution in [1.29, 1.82) is 0 Å². The lowest BCUT2D eigenvalue weighted by Crippen LogP contribution is -2.32. The van der Waals surface area contributed by atoms with E-state index >= 15 is 0 Å². The normalized spacial score (nSPS) is 24.9. The fraction of sp³-hybridized carbons (Fsp3) is 1.00. The first kappa shape index (κ1) is 21.0. The van der Waals surface area contributed by atoms with Crippen molar-refractivity contribution in [2.24, 2.45) is 11.3 Å². The van der Waals surface area contributed by atoms with Gasteiger partial charge in [-0.05, 0) is 37.0 Å². The maximum atomic E-state index is 9.99. The van der Waals surface area contributed by atoms with E-state index in [0.717, 1.165) is 12.3 Å². The Hall–Kier alpha value is -0.0800. The van der Waals surface area contributed by atoms with E-state index in [-0.39, 0.29) is 5.41 Å². The SMILES string of the molecule is CCCCC1CCCC(CO)(CCCCCCCCCCO)C1. The largest absolute Gasteiger partial charge is 0.396 e. The van der Waals surface area contributed by atoms with Crippen LogP contribution in [-0.4, -0.2) is 23.4 Å². The van der Waals surface area contributed by atoms with Crippen molar-refractivity contribution in [1.82, 2.24) is 0 Å². The lowest BCUT2D eigenvalue weighted by atomic mass is 9.66. The predicted octanol–water partition coefficient (Wildman–Crippen LogP) is 5.85. The van der Waals surface area contributed by atoms with Crippen molar-refractivity contribution in [2.45, 2.75) is 110 Å². The summed E-state index contributed by atoms with van der Waals surface area (Å²) in [6.07, 6.45) is 20.7. The molecule has 0 bridgehead atoms. The Morgan fingerprint density at radius 3 is 2.13 bits per heavy atom. The lowest BCUT2D eigenvalue weighted by molar-refractivity contribution is 0.0433. The molecule has 1 aliphatic carbocycles. The Bertz CT molecular complexity index is 267. The van der Waals surface area contributed by atoms with Gasteiger partial charge in [0.05, 0.1) is 0 Å². The van der Waals surface area contributed by atoms with Crippen molar-refractivity contribution in [3.8, 4) is 0 Å². The first-order chi connectivity index (χ1) is 11.3. The van der Waals surface area contributed by atoms with Crippen LogP contribution >= 0.6 is 0 Å². The molecule has 0 radical (unpaired) electrons.